The van der Waals surface area contributed by atoms with Gasteiger partial charge in [-0.2, -0.15) is 5.26 Å². The number of halogens is 3. The molecule has 0 atom stereocenters. The Bertz CT molecular complexity index is 1110. The van der Waals surface area contributed by atoms with Gasteiger partial charge in [0.25, 0.3) is 0 Å². The highest BCUT2D eigenvalue weighted by Crippen LogP contribution is 2.27. The van der Waals surface area contributed by atoms with Gasteiger partial charge in [-0.3, -0.25) is 9.59 Å². The number of carbonyl (C=O) groups is 2. The van der Waals surface area contributed by atoms with Crippen LogP contribution < -0.4 is 11.1 Å². The lowest BCUT2D eigenvalue weighted by Gasteiger charge is -2.11. The van der Waals surface area contributed by atoms with Crippen LogP contribution in [0.4, 0.5) is 5.69 Å². The van der Waals surface area contributed by atoms with Gasteiger partial charge in [-0.05, 0) is 54.1 Å². The fraction of sp³-hybridized carbons (Fsp3) is 0.0870. The predicted molar refractivity (Wildman–Crippen MR) is 125 cm³/mol. The van der Waals surface area contributed by atoms with Crippen LogP contribution in [0.25, 0.3) is 0 Å². The Kier molecular flexibility index (Phi) is 9.51. The Labute approximate surface area is 195 Å². The van der Waals surface area contributed by atoms with Gasteiger partial charge in [0.05, 0.1) is 27.9 Å². The molecule has 0 radical (unpaired) electrons. The van der Waals surface area contributed by atoms with Crippen LogP contribution >= 0.6 is 34.8 Å². The molecule has 0 aliphatic rings. The number of amides is 1. The molecule has 0 aromatic heterocycles. The number of hydrogen-bond donors (Lipinski definition) is 2. The van der Waals surface area contributed by atoms with Crippen molar-refractivity contribution in [1.82, 2.24) is 0 Å². The van der Waals surface area contributed by atoms with E-state index in [0.29, 0.717) is 28.4 Å². The second kappa shape index (κ2) is 12.1. The molecule has 0 bridgehead atoms. The molecule has 3 aromatic carbocycles. The van der Waals surface area contributed by atoms with E-state index in [9.17, 15) is 9.59 Å². The van der Waals surface area contributed by atoms with Gasteiger partial charge >= 0.3 is 0 Å². The molecule has 0 saturated heterocycles. The third kappa shape index (κ3) is 7.09. The Balaban J connectivity index is 0.000000285. The first-order chi connectivity index (χ1) is 14.9. The van der Waals surface area contributed by atoms with E-state index in [-0.39, 0.29) is 22.2 Å². The summed E-state index contributed by atoms with van der Waals surface area (Å²) in [5.41, 5.74) is 8.01. The summed E-state index contributed by atoms with van der Waals surface area (Å²) in [6, 6.07) is 20.6. The van der Waals surface area contributed by atoms with Crippen LogP contribution in [0.3, 0.4) is 0 Å². The van der Waals surface area contributed by atoms with Crippen LogP contribution in [0.2, 0.25) is 10.0 Å². The minimum atomic E-state index is -0.413. The van der Waals surface area contributed by atoms with Crippen molar-refractivity contribution in [2.45, 2.75) is 6.54 Å². The number of nitrogens with zero attached hydrogens (tertiary/aromatic N) is 1. The maximum Gasteiger partial charge on any atom is 0.239 e. The molecule has 0 unspecified atom stereocenters. The lowest BCUT2D eigenvalue weighted by Crippen LogP contribution is -2.16. The largest absolute Gasteiger partial charge is 0.326 e. The second-order valence-electron chi connectivity index (χ2n) is 6.20. The topological polar surface area (TPSA) is 96.0 Å². The van der Waals surface area contributed by atoms with Gasteiger partial charge < -0.3 is 11.1 Å². The highest BCUT2D eigenvalue weighted by molar-refractivity contribution is 6.36. The number of nitrogens with two attached hydrogens (primary N) is 1. The number of hydrogen-bond acceptors (Lipinski definition) is 4. The van der Waals surface area contributed by atoms with Gasteiger partial charge in [0.15, 0.2) is 5.78 Å². The van der Waals surface area contributed by atoms with Crippen LogP contribution in [0.1, 0.15) is 27.0 Å². The first-order valence-electron chi connectivity index (χ1n) is 9.03. The molecule has 0 fully saturated rings. The standard InChI is InChI=1S/C15H10Cl3NO2.C8H8N2/c16-8-13(20)19-12-3-1-2-11(18)14(12)15(21)9-4-6-10(17)7-5-9;9-5-7-2-1-3-8(4-7)6-10/h1-7H,8H2,(H,19,20);1-4H,5,9H2. The van der Waals surface area contributed by atoms with Gasteiger partial charge in [-0.15, -0.1) is 11.6 Å². The van der Waals surface area contributed by atoms with Gasteiger partial charge in [0, 0.05) is 17.1 Å². The zero-order valence-electron chi connectivity index (χ0n) is 16.2. The van der Waals surface area contributed by atoms with Crippen molar-refractivity contribution < 1.29 is 9.59 Å². The molecular formula is C23H18Cl3N3O2. The summed E-state index contributed by atoms with van der Waals surface area (Å²) in [4.78, 5) is 24.0. The average molecular weight is 475 g/mol. The summed E-state index contributed by atoms with van der Waals surface area (Å²) in [7, 11) is 0. The number of nitriles is 1. The number of alkyl halides is 1. The normalized spacial score (nSPS) is 9.77. The van der Waals surface area contributed by atoms with Crippen LogP contribution in [-0.4, -0.2) is 17.6 Å². The number of anilines is 1. The fourth-order valence-electron chi connectivity index (χ4n) is 2.56. The lowest BCUT2D eigenvalue weighted by molar-refractivity contribution is -0.113. The molecule has 5 nitrogen and oxygen atoms in total. The van der Waals surface area contributed by atoms with Crippen LogP contribution in [0, 0.1) is 11.3 Å². The fourth-order valence-corrected chi connectivity index (χ4v) is 3.01. The van der Waals surface area contributed by atoms with Crippen LogP contribution in [-0.2, 0) is 11.3 Å². The molecule has 3 aromatic rings. The third-order valence-corrected chi connectivity index (χ3v) is 4.84. The quantitative estimate of drug-likeness (QED) is 0.381. The molecule has 158 valence electrons. The number of carbonyl (C=O) groups excluding carboxylic acids is 2. The van der Waals surface area contributed by atoms with Crippen molar-refractivity contribution >= 4 is 52.2 Å². The molecule has 31 heavy (non-hydrogen) atoms. The molecule has 0 aliphatic heterocycles. The van der Waals surface area contributed by atoms with Crippen molar-refractivity contribution in [2.24, 2.45) is 5.73 Å². The maximum absolute atomic E-state index is 12.6. The van der Waals surface area contributed by atoms with E-state index >= 15 is 0 Å². The zero-order valence-corrected chi connectivity index (χ0v) is 18.5. The van der Waals surface area contributed by atoms with Gasteiger partial charge in [0.2, 0.25) is 5.91 Å². The van der Waals surface area contributed by atoms with Crippen molar-refractivity contribution in [2.75, 3.05) is 11.2 Å². The van der Waals surface area contributed by atoms with Gasteiger partial charge in [-0.25, -0.2) is 0 Å². The average Bonchev–Trinajstić information content (AvgIpc) is 2.79. The van der Waals surface area contributed by atoms with E-state index in [1.165, 1.54) is 0 Å². The summed E-state index contributed by atoms with van der Waals surface area (Å²) >= 11 is 17.4. The Morgan fingerprint density at radius 2 is 1.68 bits per heavy atom. The highest BCUT2D eigenvalue weighted by Gasteiger charge is 2.18. The van der Waals surface area contributed by atoms with Gasteiger partial charge in [0.1, 0.15) is 5.88 Å². The summed E-state index contributed by atoms with van der Waals surface area (Å²) in [5, 5.41) is 11.8. The second-order valence-corrected chi connectivity index (χ2v) is 7.31. The molecule has 3 N–H and O–H groups in total. The Morgan fingerprint density at radius 3 is 2.29 bits per heavy atom. The predicted octanol–water partition coefficient (Wildman–Crippen LogP) is 5.42. The van der Waals surface area contributed by atoms with Crippen molar-refractivity contribution in [1.29, 1.82) is 5.26 Å². The van der Waals surface area contributed by atoms with E-state index < -0.39 is 5.91 Å². The van der Waals surface area contributed by atoms with Crippen LogP contribution in [0.5, 0.6) is 0 Å². The molecular weight excluding hydrogens is 457 g/mol. The van der Waals surface area contributed by atoms with E-state index in [1.54, 1.807) is 54.6 Å². The number of ketones is 1. The molecule has 0 spiro atoms. The van der Waals surface area contributed by atoms with Crippen molar-refractivity contribution in [3.8, 4) is 6.07 Å². The SMILES string of the molecule is N#Cc1cccc(CN)c1.O=C(CCl)Nc1cccc(Cl)c1C(=O)c1ccc(Cl)cc1. The Hall–Kier alpha value is -2.88. The zero-order chi connectivity index (χ0) is 22.8. The maximum atomic E-state index is 12.6. The Morgan fingerprint density at radius 1 is 1.00 bits per heavy atom. The first kappa shape index (κ1) is 24.4. The van der Waals surface area contributed by atoms with Crippen LogP contribution in [0.15, 0.2) is 66.7 Å². The first-order valence-corrected chi connectivity index (χ1v) is 10.3. The number of nitrogens with one attached hydrogen (secondary N) is 1. The smallest absolute Gasteiger partial charge is 0.239 e. The van der Waals surface area contributed by atoms with E-state index in [4.69, 9.17) is 45.8 Å². The summed E-state index contributed by atoms with van der Waals surface area (Å²) in [6.45, 7) is 0.496. The summed E-state index contributed by atoms with van der Waals surface area (Å²) in [5.74, 6) is -0.924. The monoisotopic (exact) mass is 473 g/mol. The molecule has 3 rings (SSSR count). The minimum absolute atomic E-state index is 0.207. The lowest BCUT2D eigenvalue weighted by atomic mass is 10.0. The number of benzene rings is 3. The van der Waals surface area contributed by atoms with E-state index in [1.807, 2.05) is 18.2 Å². The third-order valence-electron chi connectivity index (χ3n) is 4.03. The minimum Gasteiger partial charge on any atom is -0.326 e. The van der Waals surface area contributed by atoms with E-state index in [0.717, 1.165) is 5.56 Å². The van der Waals surface area contributed by atoms with Crippen molar-refractivity contribution in [3.05, 3.63) is 99.0 Å². The molecule has 8 heteroatoms. The molecule has 0 aliphatic carbocycles. The van der Waals surface area contributed by atoms with E-state index in [2.05, 4.69) is 5.32 Å². The highest BCUT2D eigenvalue weighted by atomic mass is 35.5. The van der Waals surface area contributed by atoms with Gasteiger partial charge in [-0.1, -0.05) is 41.4 Å². The number of rotatable bonds is 5. The summed E-state index contributed by atoms with van der Waals surface area (Å²) < 4.78 is 0. The molecule has 0 heterocycles. The molecule has 0 saturated carbocycles. The summed E-state index contributed by atoms with van der Waals surface area (Å²) in [6.07, 6.45) is 0. The molecule has 1 amide bonds. The van der Waals surface area contributed by atoms with Crippen molar-refractivity contribution in [3.63, 3.8) is 0 Å².